The molecule has 2 fully saturated rings. The van der Waals surface area contributed by atoms with Crippen molar-refractivity contribution >= 4 is 0 Å². The summed E-state index contributed by atoms with van der Waals surface area (Å²) in [6.45, 7) is 2.08. The van der Waals surface area contributed by atoms with Crippen molar-refractivity contribution in [2.24, 2.45) is 0 Å². The molecule has 0 amide bonds. The molecule has 0 aromatic carbocycles. The molecule has 0 radical (unpaired) electrons. The smallest absolute Gasteiger partial charge is 0.0810 e. The number of hydrogen-bond donors (Lipinski definition) is 0. The molecule has 27 heavy (non-hydrogen) atoms. The van der Waals surface area contributed by atoms with Gasteiger partial charge in [-0.2, -0.15) is 0 Å². The lowest BCUT2D eigenvalue weighted by atomic mass is 10.0. The third-order valence-electron chi connectivity index (χ3n) is 6.36. The van der Waals surface area contributed by atoms with Gasteiger partial charge in [-0.1, -0.05) is 122 Å². The topological polar surface area (TPSA) is 25.1 Å². The molecule has 2 heterocycles. The first kappa shape index (κ1) is 23.2. The fourth-order valence-electron chi connectivity index (χ4n) is 4.22. The molecular formula is C25H48O2. The Labute approximate surface area is 170 Å². The van der Waals surface area contributed by atoms with Gasteiger partial charge in [0, 0.05) is 0 Å². The van der Waals surface area contributed by atoms with Crippen molar-refractivity contribution in [3.05, 3.63) is 0 Å². The van der Waals surface area contributed by atoms with Crippen LogP contribution in [0.5, 0.6) is 0 Å². The second-order valence-corrected chi connectivity index (χ2v) is 9.21. The standard InChI is InChI=1S/C25H48O2/c1(2-4-6-8-10-12-14-16-18-20-24-22-26-24)3-5-7-9-11-13-15-17-19-21-25-23-27-25/h24-25H,1-23H2. The van der Waals surface area contributed by atoms with Crippen LogP contribution in [0.15, 0.2) is 0 Å². The fraction of sp³-hybridized carbons (Fsp3) is 1.00. The van der Waals surface area contributed by atoms with Gasteiger partial charge in [0.2, 0.25) is 0 Å². The normalized spacial score (nSPS) is 20.9. The number of unbranched alkanes of at least 4 members (excludes halogenated alkanes) is 18. The molecule has 2 aliphatic heterocycles. The highest BCUT2D eigenvalue weighted by Gasteiger charge is 2.21. The van der Waals surface area contributed by atoms with Gasteiger partial charge in [0.1, 0.15) is 0 Å². The average Bonchev–Trinajstić information content (AvgIpc) is 3.58. The van der Waals surface area contributed by atoms with Crippen LogP contribution < -0.4 is 0 Å². The summed E-state index contributed by atoms with van der Waals surface area (Å²) in [5, 5.41) is 0. The van der Waals surface area contributed by atoms with Crippen LogP contribution in [0.4, 0.5) is 0 Å². The highest BCUT2D eigenvalue weighted by molar-refractivity contribution is 4.68. The molecule has 2 atom stereocenters. The predicted octanol–water partition coefficient (Wildman–Crippen LogP) is 7.98. The van der Waals surface area contributed by atoms with E-state index in [2.05, 4.69) is 0 Å². The molecule has 160 valence electrons. The van der Waals surface area contributed by atoms with E-state index in [-0.39, 0.29) is 0 Å². The summed E-state index contributed by atoms with van der Waals surface area (Å²) in [7, 11) is 0. The Morgan fingerprint density at radius 1 is 0.333 bits per heavy atom. The Kier molecular flexibility index (Phi) is 14.5. The van der Waals surface area contributed by atoms with Crippen LogP contribution in [-0.2, 0) is 9.47 Å². The van der Waals surface area contributed by atoms with Crippen LogP contribution in [0.2, 0.25) is 0 Å². The minimum absolute atomic E-state index is 0.646. The van der Waals surface area contributed by atoms with Crippen molar-refractivity contribution in [2.75, 3.05) is 13.2 Å². The van der Waals surface area contributed by atoms with E-state index in [1.165, 1.54) is 135 Å². The second kappa shape index (κ2) is 16.8. The van der Waals surface area contributed by atoms with E-state index in [4.69, 9.17) is 9.47 Å². The maximum Gasteiger partial charge on any atom is 0.0810 e. The third kappa shape index (κ3) is 16.6. The quantitative estimate of drug-likeness (QED) is 0.140. The van der Waals surface area contributed by atoms with Crippen molar-refractivity contribution in [3.8, 4) is 0 Å². The third-order valence-corrected chi connectivity index (χ3v) is 6.36. The zero-order valence-electron chi connectivity index (χ0n) is 18.2. The lowest BCUT2D eigenvalue weighted by Crippen LogP contribution is -1.86. The summed E-state index contributed by atoms with van der Waals surface area (Å²) in [5.74, 6) is 0. The molecule has 2 nitrogen and oxygen atoms in total. The number of ether oxygens (including phenoxy) is 2. The van der Waals surface area contributed by atoms with Crippen LogP contribution in [0.1, 0.15) is 135 Å². The number of hydrogen-bond acceptors (Lipinski definition) is 2. The van der Waals surface area contributed by atoms with Crippen molar-refractivity contribution in [2.45, 2.75) is 147 Å². The first-order valence-electron chi connectivity index (χ1n) is 12.7. The minimum Gasteiger partial charge on any atom is -0.373 e. The first-order valence-corrected chi connectivity index (χ1v) is 12.7. The summed E-state index contributed by atoms with van der Waals surface area (Å²) in [6.07, 6.45) is 31.6. The first-order chi connectivity index (χ1) is 13.4. The molecule has 2 heteroatoms. The van der Waals surface area contributed by atoms with Crippen LogP contribution in [-0.4, -0.2) is 25.4 Å². The summed E-state index contributed by atoms with van der Waals surface area (Å²) in [5.41, 5.74) is 0. The van der Waals surface area contributed by atoms with E-state index in [1.807, 2.05) is 0 Å². The van der Waals surface area contributed by atoms with E-state index < -0.39 is 0 Å². The molecule has 0 saturated carbocycles. The Hall–Kier alpha value is -0.0800. The molecule has 0 aromatic rings. The molecule has 0 aromatic heterocycles. The maximum absolute atomic E-state index is 5.25. The van der Waals surface area contributed by atoms with Gasteiger partial charge < -0.3 is 9.47 Å². The molecule has 2 saturated heterocycles. The van der Waals surface area contributed by atoms with Gasteiger partial charge in [0.25, 0.3) is 0 Å². The van der Waals surface area contributed by atoms with Crippen LogP contribution in [0, 0.1) is 0 Å². The van der Waals surface area contributed by atoms with Gasteiger partial charge in [0.05, 0.1) is 25.4 Å². The minimum atomic E-state index is 0.646. The van der Waals surface area contributed by atoms with Gasteiger partial charge in [-0.25, -0.2) is 0 Å². The van der Waals surface area contributed by atoms with Gasteiger partial charge in [-0.15, -0.1) is 0 Å². The fourth-order valence-corrected chi connectivity index (χ4v) is 4.22. The number of epoxide rings is 2. The van der Waals surface area contributed by atoms with Gasteiger partial charge >= 0.3 is 0 Å². The lowest BCUT2D eigenvalue weighted by Gasteiger charge is -2.04. The molecular weight excluding hydrogens is 332 g/mol. The Morgan fingerprint density at radius 2 is 0.519 bits per heavy atom. The lowest BCUT2D eigenvalue weighted by molar-refractivity contribution is 0.387. The molecule has 0 N–H and O–H groups in total. The van der Waals surface area contributed by atoms with Crippen LogP contribution >= 0.6 is 0 Å². The largest absolute Gasteiger partial charge is 0.373 e. The molecule has 2 unspecified atom stereocenters. The van der Waals surface area contributed by atoms with Gasteiger partial charge in [-0.05, 0) is 12.8 Å². The SMILES string of the molecule is C(CCCCCCCCCCC1CO1)CCCCCCCCCCC1CO1. The molecule has 2 rings (SSSR count). The zero-order valence-corrected chi connectivity index (χ0v) is 18.2. The summed E-state index contributed by atoms with van der Waals surface area (Å²) >= 11 is 0. The Morgan fingerprint density at radius 3 is 0.704 bits per heavy atom. The van der Waals surface area contributed by atoms with E-state index in [9.17, 15) is 0 Å². The molecule has 0 aliphatic carbocycles. The highest BCUT2D eigenvalue weighted by Crippen LogP contribution is 2.19. The van der Waals surface area contributed by atoms with E-state index >= 15 is 0 Å². The summed E-state index contributed by atoms with van der Waals surface area (Å²) in [6, 6.07) is 0. The van der Waals surface area contributed by atoms with Gasteiger partial charge in [0.15, 0.2) is 0 Å². The van der Waals surface area contributed by atoms with Crippen LogP contribution in [0.25, 0.3) is 0 Å². The summed E-state index contributed by atoms with van der Waals surface area (Å²) < 4.78 is 10.5. The van der Waals surface area contributed by atoms with Crippen molar-refractivity contribution in [1.82, 2.24) is 0 Å². The van der Waals surface area contributed by atoms with Gasteiger partial charge in [-0.3, -0.25) is 0 Å². The highest BCUT2D eigenvalue weighted by atomic mass is 16.6. The van der Waals surface area contributed by atoms with Crippen LogP contribution in [0.3, 0.4) is 0 Å². The van der Waals surface area contributed by atoms with Crippen molar-refractivity contribution in [1.29, 1.82) is 0 Å². The summed E-state index contributed by atoms with van der Waals surface area (Å²) in [4.78, 5) is 0. The molecule has 0 spiro atoms. The van der Waals surface area contributed by atoms with E-state index in [1.54, 1.807) is 0 Å². The Bertz CT molecular complexity index is 279. The Balaban J connectivity index is 1.13. The predicted molar refractivity (Wildman–Crippen MR) is 116 cm³/mol. The van der Waals surface area contributed by atoms with E-state index in [0.29, 0.717) is 12.2 Å². The molecule has 2 aliphatic rings. The average molecular weight is 381 g/mol. The van der Waals surface area contributed by atoms with Crippen molar-refractivity contribution < 1.29 is 9.47 Å². The number of rotatable bonds is 22. The zero-order chi connectivity index (χ0) is 18.8. The maximum atomic E-state index is 5.25. The molecule has 0 bridgehead atoms. The second-order valence-electron chi connectivity index (χ2n) is 9.21. The van der Waals surface area contributed by atoms with E-state index in [0.717, 1.165) is 13.2 Å². The monoisotopic (exact) mass is 380 g/mol. The van der Waals surface area contributed by atoms with Crippen molar-refractivity contribution in [3.63, 3.8) is 0 Å².